The lowest BCUT2D eigenvalue weighted by Gasteiger charge is -2.45. The molecular weight excluding hydrogens is 460 g/mol. The lowest BCUT2D eigenvalue weighted by atomic mass is 9.76. The predicted molar refractivity (Wildman–Crippen MR) is 146 cm³/mol. The van der Waals surface area contributed by atoms with Gasteiger partial charge in [-0.3, -0.25) is 9.89 Å². The second-order valence-electron chi connectivity index (χ2n) is 10.6. The highest BCUT2D eigenvalue weighted by Crippen LogP contribution is 2.44. The number of hydrogen-bond acceptors (Lipinski definition) is 6. The quantitative estimate of drug-likeness (QED) is 0.539. The smallest absolute Gasteiger partial charge is 0.278 e. The van der Waals surface area contributed by atoms with E-state index in [1.165, 1.54) is 0 Å². The Morgan fingerprint density at radius 1 is 0.919 bits per heavy atom. The number of quaternary nitrogens is 1. The van der Waals surface area contributed by atoms with Crippen LogP contribution >= 0.6 is 0 Å². The van der Waals surface area contributed by atoms with E-state index < -0.39 is 4.65 Å². The first-order chi connectivity index (χ1) is 18.1. The molecule has 37 heavy (non-hydrogen) atoms. The number of benzene rings is 2. The molecule has 2 aromatic carbocycles. The van der Waals surface area contributed by atoms with Gasteiger partial charge in [0.1, 0.15) is 5.70 Å². The van der Waals surface area contributed by atoms with Crippen LogP contribution in [0.1, 0.15) is 18.4 Å². The number of hydrogen-bond donors (Lipinski definition) is 1. The first kappa shape index (κ1) is 22.7. The molecule has 0 spiro atoms. The maximum Gasteiger partial charge on any atom is 0.278 e. The molecule has 1 aliphatic carbocycles. The summed E-state index contributed by atoms with van der Waals surface area (Å²) in [6.07, 6.45) is 7.31. The van der Waals surface area contributed by atoms with E-state index in [0.717, 1.165) is 78.1 Å². The summed E-state index contributed by atoms with van der Waals surface area (Å²) in [6.45, 7) is 4.53. The number of aromatic nitrogens is 1. The van der Waals surface area contributed by atoms with E-state index in [-0.39, 0.29) is 0 Å². The molecule has 0 radical (unpaired) electrons. The molecule has 1 atom stereocenters. The molecular formula is C30H31N6O+. The molecule has 2 fully saturated rings. The van der Waals surface area contributed by atoms with E-state index in [4.69, 9.17) is 9.98 Å². The highest BCUT2D eigenvalue weighted by Gasteiger charge is 2.50. The number of fused-ring (bicyclic) bond motifs is 2. The van der Waals surface area contributed by atoms with Crippen LogP contribution in [0.2, 0.25) is 0 Å². The molecule has 1 saturated carbocycles. The fraction of sp³-hybridized carbons (Fsp3) is 0.300. The van der Waals surface area contributed by atoms with Crippen LogP contribution in [0.25, 0.3) is 22.2 Å². The van der Waals surface area contributed by atoms with Crippen LogP contribution in [0.15, 0.2) is 94.4 Å². The van der Waals surface area contributed by atoms with Crippen LogP contribution in [0.3, 0.4) is 0 Å². The third-order valence-electron chi connectivity index (χ3n) is 8.32. The second kappa shape index (κ2) is 8.82. The zero-order chi connectivity index (χ0) is 25.0. The van der Waals surface area contributed by atoms with Crippen molar-refractivity contribution in [3.63, 3.8) is 0 Å². The first-order valence-corrected chi connectivity index (χ1v) is 13.1. The number of pyridine rings is 1. The molecule has 7 heteroatoms. The summed E-state index contributed by atoms with van der Waals surface area (Å²) in [5.41, 5.74) is 5.51. The molecule has 1 saturated heterocycles. The summed E-state index contributed by atoms with van der Waals surface area (Å²) in [6, 6.07) is 21.1. The summed E-state index contributed by atoms with van der Waals surface area (Å²) in [4.78, 5) is 19.4. The summed E-state index contributed by atoms with van der Waals surface area (Å²) in [5.74, 6) is 0.951. The van der Waals surface area contributed by atoms with Gasteiger partial charge in [-0.1, -0.05) is 47.1 Å². The van der Waals surface area contributed by atoms with Gasteiger partial charge in [0.15, 0.2) is 6.20 Å². The highest BCUT2D eigenvalue weighted by atomic mass is 16.5. The normalized spacial score (nSPS) is 27.9. The van der Waals surface area contributed by atoms with Crippen LogP contribution in [0.4, 0.5) is 0 Å². The SMILES string of the molecule is CN1CCN(C2CC(C3=C4C=NC=C[N+]4(O)C(c4ccc5ccc(-c6ccccc6)nc5c4)=N3)C2)CC1. The van der Waals surface area contributed by atoms with Gasteiger partial charge in [-0.25, -0.2) is 4.98 Å². The van der Waals surface area contributed by atoms with Crippen molar-refractivity contribution < 1.29 is 9.85 Å². The van der Waals surface area contributed by atoms with E-state index in [2.05, 4.69) is 52.2 Å². The van der Waals surface area contributed by atoms with Gasteiger partial charge < -0.3 is 4.90 Å². The van der Waals surface area contributed by atoms with Crippen LogP contribution in [-0.2, 0) is 0 Å². The number of hydroxylamine groups is 3. The third-order valence-corrected chi connectivity index (χ3v) is 8.32. The van der Waals surface area contributed by atoms with E-state index in [9.17, 15) is 5.21 Å². The van der Waals surface area contributed by atoms with E-state index in [1.807, 2.05) is 30.3 Å². The Labute approximate surface area is 216 Å². The van der Waals surface area contributed by atoms with Crippen LogP contribution in [0, 0.1) is 5.92 Å². The zero-order valence-corrected chi connectivity index (χ0v) is 21.0. The number of nitrogens with zero attached hydrogens (tertiary/aromatic N) is 6. The summed E-state index contributed by atoms with van der Waals surface area (Å²) in [7, 11) is 2.20. The van der Waals surface area contributed by atoms with Crippen molar-refractivity contribution in [1.29, 1.82) is 0 Å². The van der Waals surface area contributed by atoms with E-state index >= 15 is 0 Å². The molecule has 7 rings (SSSR count). The molecule has 1 N–H and O–H groups in total. The van der Waals surface area contributed by atoms with Gasteiger partial charge in [-0.15, -0.1) is 0 Å². The van der Waals surface area contributed by atoms with Gasteiger partial charge in [-0.2, -0.15) is 10.2 Å². The molecule has 0 amide bonds. The fourth-order valence-corrected chi connectivity index (χ4v) is 5.97. The minimum atomic E-state index is -0.432. The van der Waals surface area contributed by atoms with Crippen molar-refractivity contribution in [3.05, 3.63) is 90.0 Å². The number of rotatable bonds is 4. The molecule has 1 aromatic heterocycles. The molecule has 3 aliphatic heterocycles. The van der Waals surface area contributed by atoms with Crippen LogP contribution in [0.5, 0.6) is 0 Å². The minimum absolute atomic E-state index is 0.336. The Bertz CT molecular complexity index is 1480. The Hall–Kier alpha value is -3.49. The van der Waals surface area contributed by atoms with Crippen LogP contribution < -0.4 is 0 Å². The summed E-state index contributed by atoms with van der Waals surface area (Å²) < 4.78 is -0.432. The van der Waals surface area contributed by atoms with Crippen molar-refractivity contribution in [2.75, 3.05) is 33.2 Å². The number of likely N-dealkylation sites (N-methyl/N-ethyl adjacent to an activating group) is 1. The number of allylic oxidation sites excluding steroid dienone is 2. The predicted octanol–water partition coefficient (Wildman–Crippen LogP) is 4.66. The monoisotopic (exact) mass is 491 g/mol. The second-order valence-corrected chi connectivity index (χ2v) is 10.6. The number of piperazine rings is 1. The average molecular weight is 492 g/mol. The third kappa shape index (κ3) is 3.86. The van der Waals surface area contributed by atoms with Gasteiger partial charge in [0, 0.05) is 49.1 Å². The molecule has 186 valence electrons. The van der Waals surface area contributed by atoms with Gasteiger partial charge in [0.05, 0.1) is 29.2 Å². The molecule has 7 nitrogen and oxygen atoms in total. The van der Waals surface area contributed by atoms with Crippen molar-refractivity contribution in [3.8, 4) is 11.3 Å². The van der Waals surface area contributed by atoms with Gasteiger partial charge in [0.2, 0.25) is 5.70 Å². The minimum Gasteiger partial charge on any atom is -0.304 e. The molecule has 0 bridgehead atoms. The first-order valence-electron chi connectivity index (χ1n) is 13.1. The zero-order valence-electron chi connectivity index (χ0n) is 21.0. The maximum atomic E-state index is 11.8. The Morgan fingerprint density at radius 3 is 2.51 bits per heavy atom. The van der Waals surface area contributed by atoms with Gasteiger partial charge >= 0.3 is 0 Å². The molecule has 1 unspecified atom stereocenters. The molecule has 4 heterocycles. The number of aliphatic imine (C=N–C) groups is 2. The topological polar surface area (TPSA) is 64.3 Å². The van der Waals surface area contributed by atoms with Crippen molar-refractivity contribution in [1.82, 2.24) is 14.8 Å². The highest BCUT2D eigenvalue weighted by molar-refractivity contribution is 6.02. The Kier molecular flexibility index (Phi) is 5.41. The van der Waals surface area contributed by atoms with Crippen molar-refractivity contribution >= 4 is 23.0 Å². The standard InChI is InChI=1S/C30H31N6O/c1-34-12-14-35(15-13-34)25-17-24(18-25)29-28-20-31-11-16-36(28,37)30(33-29)23-8-7-22-9-10-26(32-27(22)19-23)21-5-3-2-4-6-21/h2-11,16,19-20,24-25,37H,12-15,17-18H2,1H3/q+1. The van der Waals surface area contributed by atoms with E-state index in [1.54, 1.807) is 18.6 Å². The fourth-order valence-electron chi connectivity index (χ4n) is 5.97. The van der Waals surface area contributed by atoms with Gasteiger partial charge in [0.25, 0.3) is 5.84 Å². The molecule has 4 aliphatic rings. The average Bonchev–Trinajstić information content (AvgIpc) is 3.21. The van der Waals surface area contributed by atoms with Crippen LogP contribution in [-0.4, -0.2) is 76.0 Å². The largest absolute Gasteiger partial charge is 0.304 e. The summed E-state index contributed by atoms with van der Waals surface area (Å²) >= 11 is 0. The Morgan fingerprint density at radius 2 is 1.70 bits per heavy atom. The lowest BCUT2D eigenvalue weighted by Crippen LogP contribution is -2.53. The van der Waals surface area contributed by atoms with Crippen molar-refractivity contribution in [2.45, 2.75) is 18.9 Å². The molecule has 3 aromatic rings. The van der Waals surface area contributed by atoms with Crippen molar-refractivity contribution in [2.24, 2.45) is 15.9 Å². The lowest BCUT2D eigenvalue weighted by molar-refractivity contribution is -0.950. The van der Waals surface area contributed by atoms with E-state index in [0.29, 0.717) is 17.8 Å². The Balaban J connectivity index is 1.20. The van der Waals surface area contributed by atoms with Gasteiger partial charge in [-0.05, 0) is 38.1 Å². The number of amidine groups is 1. The maximum absolute atomic E-state index is 11.8. The summed E-state index contributed by atoms with van der Waals surface area (Å²) in [5, 5.41) is 12.9.